The molecular weight excluding hydrogens is 320 g/mol. The van der Waals surface area contributed by atoms with Crippen LogP contribution in [0.4, 0.5) is 8.78 Å². The van der Waals surface area contributed by atoms with E-state index in [9.17, 15) is 22.0 Å². The van der Waals surface area contributed by atoms with E-state index in [2.05, 4.69) is 4.74 Å². The number of aliphatic carboxylic acids is 1. The lowest BCUT2D eigenvalue weighted by Gasteiger charge is -2.16. The molecule has 0 aromatic heterocycles. The number of carbonyl (C=O) groups is 1. The summed E-state index contributed by atoms with van der Waals surface area (Å²) in [7, 11) is -4.30. The van der Waals surface area contributed by atoms with Crippen LogP contribution in [0.3, 0.4) is 0 Å². The van der Waals surface area contributed by atoms with Crippen LogP contribution in [0.15, 0.2) is 29.2 Å². The van der Waals surface area contributed by atoms with Gasteiger partial charge in [-0.05, 0) is 18.6 Å². The summed E-state index contributed by atoms with van der Waals surface area (Å²) in [5.41, 5.74) is 0. The van der Waals surface area contributed by atoms with Crippen molar-refractivity contribution in [1.82, 2.24) is 4.72 Å². The highest BCUT2D eigenvalue weighted by Gasteiger charge is 2.27. The molecule has 0 radical (unpaired) electrons. The van der Waals surface area contributed by atoms with Crippen molar-refractivity contribution in [2.75, 3.05) is 0 Å². The fraction of sp³-hybridized carbons (Fsp3) is 0.462. The van der Waals surface area contributed by atoms with Gasteiger partial charge in [-0.15, -0.1) is 0 Å². The molecule has 0 aliphatic carbocycles. The third-order valence-electron chi connectivity index (χ3n) is 2.80. The van der Waals surface area contributed by atoms with Crippen LogP contribution in [0.2, 0.25) is 0 Å². The van der Waals surface area contributed by atoms with E-state index in [-0.39, 0.29) is 6.42 Å². The number of sulfonamides is 1. The Morgan fingerprint density at radius 3 is 2.55 bits per heavy atom. The van der Waals surface area contributed by atoms with E-state index in [0.29, 0.717) is 12.8 Å². The van der Waals surface area contributed by atoms with Crippen molar-refractivity contribution >= 4 is 16.0 Å². The van der Waals surface area contributed by atoms with Crippen molar-refractivity contribution < 1.29 is 31.8 Å². The molecule has 124 valence electrons. The molecule has 0 fully saturated rings. The molecule has 0 amide bonds. The lowest BCUT2D eigenvalue weighted by molar-refractivity contribution is -0.139. The van der Waals surface area contributed by atoms with E-state index in [1.165, 1.54) is 12.1 Å². The lowest BCUT2D eigenvalue weighted by Crippen LogP contribution is -2.40. The monoisotopic (exact) mass is 337 g/mol. The van der Waals surface area contributed by atoms with Crippen LogP contribution in [-0.4, -0.2) is 32.1 Å². The summed E-state index contributed by atoms with van der Waals surface area (Å²) in [6.07, 6.45) is 1.30. The molecule has 0 spiro atoms. The molecule has 1 aromatic carbocycles. The largest absolute Gasteiger partial charge is 0.480 e. The van der Waals surface area contributed by atoms with Gasteiger partial charge in [0.05, 0.1) is 0 Å². The molecule has 1 rings (SSSR count). The minimum Gasteiger partial charge on any atom is -0.480 e. The van der Waals surface area contributed by atoms with E-state index in [0.717, 1.165) is 12.1 Å². The number of carboxylic acids is 1. The molecule has 22 heavy (non-hydrogen) atoms. The Hall–Kier alpha value is -1.74. The minimum absolute atomic E-state index is 0.100. The van der Waals surface area contributed by atoms with Crippen LogP contribution in [0.5, 0.6) is 5.75 Å². The smallest absolute Gasteiger partial charge is 0.387 e. The minimum atomic E-state index is -4.30. The van der Waals surface area contributed by atoms with Crippen LogP contribution in [0.1, 0.15) is 26.2 Å². The number of halogens is 2. The molecule has 0 aliphatic rings. The van der Waals surface area contributed by atoms with Gasteiger partial charge in [0, 0.05) is 0 Å². The first kappa shape index (κ1) is 18.3. The van der Waals surface area contributed by atoms with E-state index >= 15 is 0 Å². The number of unbranched alkanes of at least 4 members (excludes halogenated alkanes) is 1. The third kappa shape index (κ3) is 5.23. The molecule has 0 aliphatic heterocycles. The SMILES string of the molecule is CCCCC(NS(=O)(=O)c1ccccc1OC(F)F)C(=O)O. The standard InChI is InChI=1S/C13H17F2NO5S/c1-2-3-6-9(12(17)18)16-22(19,20)11-8-5-4-7-10(11)21-13(14)15/h4-5,7-9,13,16H,2-3,6H2,1H3,(H,17,18). The number of hydrogen-bond acceptors (Lipinski definition) is 4. The molecule has 2 N–H and O–H groups in total. The van der Waals surface area contributed by atoms with E-state index < -0.39 is 39.3 Å². The van der Waals surface area contributed by atoms with E-state index in [1.54, 1.807) is 0 Å². The summed E-state index contributed by atoms with van der Waals surface area (Å²) < 4.78 is 55.2. The van der Waals surface area contributed by atoms with Crippen LogP contribution < -0.4 is 9.46 Å². The van der Waals surface area contributed by atoms with Crippen molar-refractivity contribution in [2.24, 2.45) is 0 Å². The molecule has 0 heterocycles. The molecule has 1 unspecified atom stereocenters. The molecule has 0 saturated carbocycles. The number of ether oxygens (including phenoxy) is 1. The summed E-state index contributed by atoms with van der Waals surface area (Å²) >= 11 is 0. The van der Waals surface area contributed by atoms with Gasteiger partial charge >= 0.3 is 12.6 Å². The molecule has 1 aromatic rings. The van der Waals surface area contributed by atoms with Crippen LogP contribution in [0.25, 0.3) is 0 Å². The van der Waals surface area contributed by atoms with Gasteiger partial charge < -0.3 is 9.84 Å². The van der Waals surface area contributed by atoms with Gasteiger partial charge in [-0.1, -0.05) is 31.9 Å². The Morgan fingerprint density at radius 1 is 1.36 bits per heavy atom. The number of benzene rings is 1. The molecule has 0 bridgehead atoms. The summed E-state index contributed by atoms with van der Waals surface area (Å²) in [5.74, 6) is -1.87. The Labute approximate surface area is 127 Å². The highest BCUT2D eigenvalue weighted by atomic mass is 32.2. The normalized spacial score (nSPS) is 13.1. The van der Waals surface area contributed by atoms with Gasteiger partial charge in [-0.25, -0.2) is 8.42 Å². The van der Waals surface area contributed by atoms with E-state index in [4.69, 9.17) is 5.11 Å². The predicted octanol–water partition coefficient (Wildman–Crippen LogP) is 2.21. The fourth-order valence-corrected chi connectivity index (χ4v) is 3.12. The number of alkyl halides is 2. The maximum atomic E-state index is 12.3. The lowest BCUT2D eigenvalue weighted by atomic mass is 10.1. The average molecular weight is 337 g/mol. The van der Waals surface area contributed by atoms with Crippen molar-refractivity contribution in [3.8, 4) is 5.75 Å². The topological polar surface area (TPSA) is 92.7 Å². The first-order chi connectivity index (χ1) is 10.3. The van der Waals surface area contributed by atoms with Crippen LogP contribution >= 0.6 is 0 Å². The molecule has 0 saturated heterocycles. The maximum Gasteiger partial charge on any atom is 0.387 e. The maximum absolute atomic E-state index is 12.3. The second kappa shape index (κ2) is 8.04. The summed E-state index contributed by atoms with van der Waals surface area (Å²) in [4.78, 5) is 10.6. The quantitative estimate of drug-likeness (QED) is 0.721. The first-order valence-electron chi connectivity index (χ1n) is 6.57. The predicted molar refractivity (Wildman–Crippen MR) is 74.3 cm³/mol. The zero-order valence-electron chi connectivity index (χ0n) is 11.8. The van der Waals surface area contributed by atoms with Gasteiger partial charge in [-0.2, -0.15) is 13.5 Å². The summed E-state index contributed by atoms with van der Waals surface area (Å²) in [6, 6.07) is 3.47. The molecule has 9 heteroatoms. The first-order valence-corrected chi connectivity index (χ1v) is 8.05. The summed E-state index contributed by atoms with van der Waals surface area (Å²) in [6.45, 7) is -1.36. The Morgan fingerprint density at radius 2 is 2.00 bits per heavy atom. The number of para-hydroxylation sites is 1. The summed E-state index contributed by atoms with van der Waals surface area (Å²) in [5, 5.41) is 9.05. The third-order valence-corrected chi connectivity index (χ3v) is 4.31. The van der Waals surface area contributed by atoms with Crippen molar-refractivity contribution in [1.29, 1.82) is 0 Å². The van der Waals surface area contributed by atoms with Gasteiger partial charge in [-0.3, -0.25) is 4.79 Å². The van der Waals surface area contributed by atoms with E-state index in [1.807, 2.05) is 11.6 Å². The van der Waals surface area contributed by atoms with Crippen molar-refractivity contribution in [3.05, 3.63) is 24.3 Å². The zero-order valence-corrected chi connectivity index (χ0v) is 12.6. The number of carboxylic acid groups (broad SMARTS) is 1. The highest BCUT2D eigenvalue weighted by Crippen LogP contribution is 2.25. The zero-order chi connectivity index (χ0) is 16.8. The second-order valence-electron chi connectivity index (χ2n) is 4.48. The fourth-order valence-electron chi connectivity index (χ4n) is 1.76. The molecular formula is C13H17F2NO5S. The second-order valence-corrected chi connectivity index (χ2v) is 6.16. The Kier molecular flexibility index (Phi) is 6.69. The highest BCUT2D eigenvalue weighted by molar-refractivity contribution is 7.89. The van der Waals surface area contributed by atoms with Crippen molar-refractivity contribution in [2.45, 2.75) is 43.7 Å². The van der Waals surface area contributed by atoms with Gasteiger partial charge in [0.2, 0.25) is 10.0 Å². The van der Waals surface area contributed by atoms with Gasteiger partial charge in [0.1, 0.15) is 16.7 Å². The van der Waals surface area contributed by atoms with Crippen LogP contribution in [0, 0.1) is 0 Å². The Balaban J connectivity index is 3.05. The Bertz CT molecular complexity index is 606. The number of nitrogens with one attached hydrogen (secondary N) is 1. The molecule has 6 nitrogen and oxygen atoms in total. The van der Waals surface area contributed by atoms with Gasteiger partial charge in [0.15, 0.2) is 0 Å². The van der Waals surface area contributed by atoms with Crippen molar-refractivity contribution in [3.63, 3.8) is 0 Å². The molecule has 1 atom stereocenters. The number of rotatable bonds is 9. The average Bonchev–Trinajstić information content (AvgIpc) is 2.43. The van der Waals surface area contributed by atoms with Crippen LogP contribution in [-0.2, 0) is 14.8 Å². The number of hydrogen-bond donors (Lipinski definition) is 2. The van der Waals surface area contributed by atoms with Gasteiger partial charge in [0.25, 0.3) is 0 Å².